The Labute approximate surface area is 124 Å². The Balaban J connectivity index is 2.03. The molecule has 2 aromatic rings. The Morgan fingerprint density at radius 2 is 1.76 bits per heavy atom. The number of methoxy groups -OCH3 is 1. The molecular formula is C18H18O3. The summed E-state index contributed by atoms with van der Waals surface area (Å²) in [6, 6.07) is 13.2. The molecule has 0 fully saturated rings. The molecule has 0 aliphatic carbocycles. The molecule has 21 heavy (non-hydrogen) atoms. The van der Waals surface area contributed by atoms with Gasteiger partial charge in [0, 0.05) is 6.08 Å². The molecule has 0 spiro atoms. The summed E-state index contributed by atoms with van der Waals surface area (Å²) in [7, 11) is 1.62. The van der Waals surface area contributed by atoms with Crippen LogP contribution in [0.25, 0.3) is 6.08 Å². The first kappa shape index (κ1) is 14.9. The monoisotopic (exact) mass is 282 g/mol. The van der Waals surface area contributed by atoms with Gasteiger partial charge in [-0.15, -0.1) is 0 Å². The molecular weight excluding hydrogens is 264 g/mol. The second kappa shape index (κ2) is 6.75. The molecule has 0 bridgehead atoms. The van der Waals surface area contributed by atoms with E-state index in [2.05, 4.69) is 0 Å². The van der Waals surface area contributed by atoms with Crippen molar-refractivity contribution < 1.29 is 14.3 Å². The van der Waals surface area contributed by atoms with E-state index >= 15 is 0 Å². The van der Waals surface area contributed by atoms with Gasteiger partial charge in [-0.2, -0.15) is 0 Å². The number of benzene rings is 2. The van der Waals surface area contributed by atoms with Crippen molar-refractivity contribution in [2.45, 2.75) is 13.8 Å². The standard InChI is InChI=1S/C18H18O3/c1-13-4-5-14(2)17(12-13)21-18(19)11-8-15-6-9-16(20-3)10-7-15/h4-12H,1-3H3/b11-8+. The summed E-state index contributed by atoms with van der Waals surface area (Å²) in [5, 5.41) is 0. The van der Waals surface area contributed by atoms with Gasteiger partial charge in [0.05, 0.1) is 7.11 Å². The van der Waals surface area contributed by atoms with E-state index in [1.807, 2.05) is 56.3 Å². The van der Waals surface area contributed by atoms with Crippen molar-refractivity contribution in [3.05, 3.63) is 65.2 Å². The lowest BCUT2D eigenvalue weighted by molar-refractivity contribution is -0.128. The highest BCUT2D eigenvalue weighted by molar-refractivity contribution is 5.88. The molecule has 0 saturated carbocycles. The average Bonchev–Trinajstić information content (AvgIpc) is 2.49. The zero-order valence-corrected chi connectivity index (χ0v) is 12.4. The fraction of sp³-hybridized carbons (Fsp3) is 0.167. The summed E-state index contributed by atoms with van der Waals surface area (Å²) >= 11 is 0. The van der Waals surface area contributed by atoms with Crippen molar-refractivity contribution in [3.8, 4) is 11.5 Å². The van der Waals surface area contributed by atoms with Crippen molar-refractivity contribution in [2.75, 3.05) is 7.11 Å². The van der Waals surface area contributed by atoms with Crippen LogP contribution in [0.15, 0.2) is 48.5 Å². The van der Waals surface area contributed by atoms with Crippen molar-refractivity contribution in [1.82, 2.24) is 0 Å². The molecule has 0 radical (unpaired) electrons. The molecule has 0 aliphatic rings. The molecule has 0 saturated heterocycles. The van der Waals surface area contributed by atoms with Crippen LogP contribution in [0.5, 0.6) is 11.5 Å². The topological polar surface area (TPSA) is 35.5 Å². The predicted octanol–water partition coefficient (Wildman–Crippen LogP) is 3.93. The van der Waals surface area contributed by atoms with Crippen LogP contribution in [0.4, 0.5) is 0 Å². The molecule has 3 nitrogen and oxygen atoms in total. The van der Waals surface area contributed by atoms with Crippen molar-refractivity contribution >= 4 is 12.0 Å². The lowest BCUT2D eigenvalue weighted by atomic mass is 10.1. The van der Waals surface area contributed by atoms with Crippen molar-refractivity contribution in [3.63, 3.8) is 0 Å². The molecule has 3 heteroatoms. The fourth-order valence-electron chi connectivity index (χ4n) is 1.84. The smallest absolute Gasteiger partial charge is 0.336 e. The summed E-state index contributed by atoms with van der Waals surface area (Å²) in [6.45, 7) is 3.87. The number of carbonyl (C=O) groups is 1. The van der Waals surface area contributed by atoms with E-state index in [0.717, 1.165) is 22.4 Å². The zero-order valence-electron chi connectivity index (χ0n) is 12.4. The number of esters is 1. The largest absolute Gasteiger partial charge is 0.497 e. The second-order valence-electron chi connectivity index (χ2n) is 4.80. The number of rotatable bonds is 4. The average molecular weight is 282 g/mol. The quantitative estimate of drug-likeness (QED) is 0.484. The fourth-order valence-corrected chi connectivity index (χ4v) is 1.84. The van der Waals surface area contributed by atoms with Crippen LogP contribution >= 0.6 is 0 Å². The highest BCUT2D eigenvalue weighted by Gasteiger charge is 2.04. The van der Waals surface area contributed by atoms with E-state index in [4.69, 9.17) is 9.47 Å². The number of hydrogen-bond donors (Lipinski definition) is 0. The first-order chi connectivity index (χ1) is 10.1. The third-order valence-electron chi connectivity index (χ3n) is 3.08. The maximum Gasteiger partial charge on any atom is 0.336 e. The van der Waals surface area contributed by atoms with Crippen LogP contribution in [0, 0.1) is 13.8 Å². The Kier molecular flexibility index (Phi) is 4.77. The maximum absolute atomic E-state index is 11.8. The summed E-state index contributed by atoms with van der Waals surface area (Å²) in [4.78, 5) is 11.8. The van der Waals surface area contributed by atoms with Gasteiger partial charge in [0.1, 0.15) is 11.5 Å². The minimum atomic E-state index is -0.389. The van der Waals surface area contributed by atoms with Crippen LogP contribution in [0.1, 0.15) is 16.7 Å². The van der Waals surface area contributed by atoms with Gasteiger partial charge < -0.3 is 9.47 Å². The normalized spacial score (nSPS) is 10.6. The lowest BCUT2D eigenvalue weighted by Gasteiger charge is -2.06. The van der Waals surface area contributed by atoms with E-state index in [0.29, 0.717) is 5.75 Å². The van der Waals surface area contributed by atoms with Crippen LogP contribution in [0.3, 0.4) is 0 Å². The Bertz CT molecular complexity index is 655. The molecule has 2 rings (SSSR count). The van der Waals surface area contributed by atoms with Crippen molar-refractivity contribution in [2.24, 2.45) is 0 Å². The van der Waals surface area contributed by atoms with Gasteiger partial charge in [-0.3, -0.25) is 0 Å². The lowest BCUT2D eigenvalue weighted by Crippen LogP contribution is -2.05. The molecule has 108 valence electrons. The molecule has 0 N–H and O–H groups in total. The first-order valence-corrected chi connectivity index (χ1v) is 6.69. The summed E-state index contributed by atoms with van der Waals surface area (Å²) in [5.41, 5.74) is 2.91. The van der Waals surface area contributed by atoms with Crippen LogP contribution in [-0.2, 0) is 4.79 Å². The molecule has 0 aliphatic heterocycles. The van der Waals surface area contributed by atoms with Gasteiger partial charge in [-0.1, -0.05) is 24.3 Å². The predicted molar refractivity (Wildman–Crippen MR) is 83.6 cm³/mol. The number of carbonyl (C=O) groups excluding carboxylic acids is 1. The van der Waals surface area contributed by atoms with Crippen LogP contribution < -0.4 is 9.47 Å². The van der Waals surface area contributed by atoms with Crippen molar-refractivity contribution in [1.29, 1.82) is 0 Å². The van der Waals surface area contributed by atoms with Gasteiger partial charge >= 0.3 is 5.97 Å². The van der Waals surface area contributed by atoms with Gasteiger partial charge in [0.2, 0.25) is 0 Å². The summed E-state index contributed by atoms with van der Waals surface area (Å²) < 4.78 is 10.4. The van der Waals surface area contributed by atoms with E-state index in [9.17, 15) is 4.79 Å². The molecule has 0 atom stereocenters. The van der Waals surface area contributed by atoms with E-state index < -0.39 is 0 Å². The van der Waals surface area contributed by atoms with E-state index in [1.165, 1.54) is 6.08 Å². The van der Waals surface area contributed by atoms with Gasteiger partial charge in [0.25, 0.3) is 0 Å². The minimum absolute atomic E-state index is 0.389. The Morgan fingerprint density at radius 3 is 2.43 bits per heavy atom. The SMILES string of the molecule is COc1ccc(/C=C/C(=O)Oc2cc(C)ccc2C)cc1. The zero-order chi connectivity index (χ0) is 15.2. The number of hydrogen-bond acceptors (Lipinski definition) is 3. The van der Waals surface area contributed by atoms with E-state index in [1.54, 1.807) is 13.2 Å². The van der Waals surface area contributed by atoms with Crippen LogP contribution in [0.2, 0.25) is 0 Å². The number of aryl methyl sites for hydroxylation is 2. The minimum Gasteiger partial charge on any atom is -0.497 e. The Morgan fingerprint density at radius 1 is 1.05 bits per heavy atom. The maximum atomic E-state index is 11.8. The molecule has 2 aromatic carbocycles. The highest BCUT2D eigenvalue weighted by atomic mass is 16.5. The molecule has 0 unspecified atom stereocenters. The highest BCUT2D eigenvalue weighted by Crippen LogP contribution is 2.19. The molecule has 0 amide bonds. The Hall–Kier alpha value is -2.55. The molecule has 0 heterocycles. The second-order valence-corrected chi connectivity index (χ2v) is 4.80. The van der Waals surface area contributed by atoms with Gasteiger partial charge in [-0.05, 0) is 54.8 Å². The summed E-state index contributed by atoms with van der Waals surface area (Å²) in [5.74, 6) is 0.990. The third-order valence-corrected chi connectivity index (χ3v) is 3.08. The third kappa shape index (κ3) is 4.21. The van der Waals surface area contributed by atoms with E-state index in [-0.39, 0.29) is 5.97 Å². The van der Waals surface area contributed by atoms with Crippen LogP contribution in [-0.4, -0.2) is 13.1 Å². The van der Waals surface area contributed by atoms with Gasteiger partial charge in [0.15, 0.2) is 0 Å². The number of ether oxygens (including phenoxy) is 2. The van der Waals surface area contributed by atoms with Gasteiger partial charge in [-0.25, -0.2) is 4.79 Å². The first-order valence-electron chi connectivity index (χ1n) is 6.69. The summed E-state index contributed by atoms with van der Waals surface area (Å²) in [6.07, 6.45) is 3.14. The molecule has 0 aromatic heterocycles.